The van der Waals surface area contributed by atoms with Gasteiger partial charge in [0.25, 0.3) is 0 Å². The molecule has 0 saturated carbocycles. The summed E-state index contributed by atoms with van der Waals surface area (Å²) in [6.07, 6.45) is -0.408. The van der Waals surface area contributed by atoms with Crippen molar-refractivity contribution in [1.82, 2.24) is 5.32 Å². The fourth-order valence-electron chi connectivity index (χ4n) is 1.15. The van der Waals surface area contributed by atoms with Gasteiger partial charge in [0.1, 0.15) is 11.6 Å². The average Bonchev–Trinajstić information content (AvgIpc) is 2.13. The van der Waals surface area contributed by atoms with Gasteiger partial charge in [-0.2, -0.15) is 0 Å². The average molecular weight is 278 g/mol. The molecule has 0 aromatic heterocycles. The van der Waals surface area contributed by atoms with E-state index in [0.717, 1.165) is 5.57 Å². The van der Waals surface area contributed by atoms with Gasteiger partial charge in [0.15, 0.2) is 6.07 Å². The largest absolute Gasteiger partial charge is 0.448 e. The predicted molar refractivity (Wildman–Crippen MR) is 69.4 cm³/mol. The van der Waals surface area contributed by atoms with Crippen LogP contribution in [-0.2, 0) is 14.3 Å². The Balaban J connectivity index is 4.54. The highest BCUT2D eigenvalue weighted by Crippen LogP contribution is 2.09. The van der Waals surface area contributed by atoms with E-state index in [-0.39, 0.29) is 12.5 Å². The molecule has 0 aliphatic carbocycles. The van der Waals surface area contributed by atoms with Gasteiger partial charge in [0.05, 0.1) is 0 Å². The number of hydrogen-bond acceptors (Lipinski definition) is 4. The molecule has 0 fully saturated rings. The number of amides is 1. The molecule has 0 rings (SSSR count). The molecule has 0 spiro atoms. The van der Waals surface area contributed by atoms with Crippen molar-refractivity contribution < 1.29 is 19.1 Å². The molecule has 1 unspecified atom stereocenters. The Hall–Kier alpha value is -1.23. The first kappa shape index (κ1) is 16.8. The summed E-state index contributed by atoms with van der Waals surface area (Å²) in [5.41, 5.74) is 0.108. The van der Waals surface area contributed by atoms with Crippen LogP contribution in [0.25, 0.3) is 0 Å². The van der Waals surface area contributed by atoms with Gasteiger partial charge in [-0.1, -0.05) is 17.2 Å². The van der Waals surface area contributed by atoms with Crippen molar-refractivity contribution in [3.8, 4) is 0 Å². The number of carbonyl (C=O) groups is 2. The van der Waals surface area contributed by atoms with Gasteiger partial charge in [-0.05, 0) is 34.1 Å². The molecule has 0 radical (unpaired) electrons. The zero-order valence-corrected chi connectivity index (χ0v) is 12.0. The smallest absolute Gasteiger partial charge is 0.408 e. The standard InChI is InChI=1S/C12H20ClNO4/c1-8(2)6-9(10(15)17-7-13)14-11(16)18-12(3,4)5/h9H,1,6-7H2,2-5H3,(H,14,16). The molecule has 0 heterocycles. The van der Waals surface area contributed by atoms with Crippen LogP contribution in [0.5, 0.6) is 0 Å². The van der Waals surface area contributed by atoms with Gasteiger partial charge in [0.2, 0.25) is 0 Å². The summed E-state index contributed by atoms with van der Waals surface area (Å²) in [7, 11) is 0. The lowest BCUT2D eigenvalue weighted by Crippen LogP contribution is -2.44. The molecular formula is C12H20ClNO4. The summed E-state index contributed by atoms with van der Waals surface area (Å²) in [5, 5.41) is 2.43. The Labute approximate surface area is 112 Å². The van der Waals surface area contributed by atoms with Crippen LogP contribution < -0.4 is 5.32 Å². The number of hydrogen-bond donors (Lipinski definition) is 1. The molecule has 0 aromatic carbocycles. The highest BCUT2D eigenvalue weighted by atomic mass is 35.5. The molecular weight excluding hydrogens is 258 g/mol. The topological polar surface area (TPSA) is 64.6 Å². The zero-order valence-electron chi connectivity index (χ0n) is 11.2. The van der Waals surface area contributed by atoms with E-state index in [4.69, 9.17) is 16.3 Å². The number of alkyl carbamates (subject to hydrolysis) is 1. The van der Waals surface area contributed by atoms with E-state index in [1.54, 1.807) is 27.7 Å². The number of halogens is 1. The molecule has 1 N–H and O–H groups in total. The first-order chi connectivity index (χ1) is 8.15. The highest BCUT2D eigenvalue weighted by Gasteiger charge is 2.25. The summed E-state index contributed by atoms with van der Waals surface area (Å²) >= 11 is 5.31. The lowest BCUT2D eigenvalue weighted by atomic mass is 10.1. The van der Waals surface area contributed by atoms with Crippen LogP contribution in [0.4, 0.5) is 4.79 Å². The zero-order chi connectivity index (χ0) is 14.3. The Morgan fingerprint density at radius 2 is 1.94 bits per heavy atom. The van der Waals surface area contributed by atoms with E-state index in [9.17, 15) is 9.59 Å². The van der Waals surface area contributed by atoms with E-state index >= 15 is 0 Å². The molecule has 0 aliphatic heterocycles. The second-order valence-corrected chi connectivity index (χ2v) is 5.15. The SMILES string of the molecule is C=C(C)CC(NC(=O)OC(C)(C)C)C(=O)OCCl. The molecule has 0 bridgehead atoms. The van der Waals surface area contributed by atoms with E-state index in [1.165, 1.54) is 0 Å². The third kappa shape index (κ3) is 7.95. The molecule has 0 aromatic rings. The van der Waals surface area contributed by atoms with Gasteiger partial charge < -0.3 is 14.8 Å². The van der Waals surface area contributed by atoms with Gasteiger partial charge in [0, 0.05) is 0 Å². The van der Waals surface area contributed by atoms with Crippen molar-refractivity contribution in [1.29, 1.82) is 0 Å². The van der Waals surface area contributed by atoms with Gasteiger partial charge in [-0.25, -0.2) is 9.59 Å². The first-order valence-corrected chi connectivity index (χ1v) is 6.05. The normalized spacial score (nSPS) is 12.5. The Kier molecular flexibility index (Phi) is 6.76. The van der Waals surface area contributed by atoms with E-state index in [2.05, 4.69) is 16.6 Å². The second-order valence-electron chi connectivity index (χ2n) is 4.93. The molecule has 1 amide bonds. The molecule has 0 saturated heterocycles. The third-order valence-corrected chi connectivity index (χ3v) is 1.83. The van der Waals surface area contributed by atoms with Gasteiger partial charge >= 0.3 is 12.1 Å². The van der Waals surface area contributed by atoms with Crippen molar-refractivity contribution in [2.75, 3.05) is 6.07 Å². The van der Waals surface area contributed by atoms with Crippen LogP contribution >= 0.6 is 11.6 Å². The first-order valence-electron chi connectivity index (χ1n) is 5.52. The summed E-state index contributed by atoms with van der Waals surface area (Å²) in [6.45, 7) is 10.6. The lowest BCUT2D eigenvalue weighted by molar-refractivity contribution is -0.144. The Morgan fingerprint density at radius 1 is 1.39 bits per heavy atom. The fraction of sp³-hybridized carbons (Fsp3) is 0.667. The Morgan fingerprint density at radius 3 is 2.33 bits per heavy atom. The maximum Gasteiger partial charge on any atom is 0.408 e. The predicted octanol–water partition coefficient (Wildman–Crippen LogP) is 2.59. The molecule has 104 valence electrons. The van der Waals surface area contributed by atoms with Crippen molar-refractivity contribution >= 4 is 23.7 Å². The number of alkyl halides is 1. The minimum absolute atomic E-state index is 0.262. The number of nitrogens with one attached hydrogen (secondary N) is 1. The molecule has 18 heavy (non-hydrogen) atoms. The van der Waals surface area contributed by atoms with Crippen molar-refractivity contribution in [3.63, 3.8) is 0 Å². The summed E-state index contributed by atoms with van der Waals surface area (Å²) in [4.78, 5) is 23.1. The molecule has 1 atom stereocenters. The van der Waals surface area contributed by atoms with Crippen LogP contribution in [0.1, 0.15) is 34.1 Å². The minimum Gasteiger partial charge on any atom is -0.448 e. The number of carbonyl (C=O) groups excluding carboxylic acids is 2. The highest BCUT2D eigenvalue weighted by molar-refractivity contribution is 6.17. The monoisotopic (exact) mass is 277 g/mol. The number of esters is 1. The number of rotatable bonds is 5. The van der Waals surface area contributed by atoms with Gasteiger partial charge in [-0.3, -0.25) is 0 Å². The summed E-state index contributed by atoms with van der Waals surface area (Å²) in [5.74, 6) is -0.612. The van der Waals surface area contributed by atoms with Crippen LogP contribution in [0.3, 0.4) is 0 Å². The van der Waals surface area contributed by atoms with Gasteiger partial charge in [-0.15, -0.1) is 6.58 Å². The van der Waals surface area contributed by atoms with E-state index in [0.29, 0.717) is 0 Å². The number of ether oxygens (including phenoxy) is 2. The van der Waals surface area contributed by atoms with E-state index < -0.39 is 23.7 Å². The quantitative estimate of drug-likeness (QED) is 0.477. The van der Waals surface area contributed by atoms with Crippen LogP contribution in [-0.4, -0.2) is 29.8 Å². The van der Waals surface area contributed by atoms with Crippen LogP contribution in [0, 0.1) is 0 Å². The van der Waals surface area contributed by atoms with E-state index in [1.807, 2.05) is 0 Å². The van der Waals surface area contributed by atoms with Crippen LogP contribution in [0.2, 0.25) is 0 Å². The van der Waals surface area contributed by atoms with Crippen molar-refractivity contribution in [2.24, 2.45) is 0 Å². The third-order valence-electron chi connectivity index (χ3n) is 1.72. The molecule has 6 heteroatoms. The second kappa shape index (κ2) is 7.26. The molecule has 5 nitrogen and oxygen atoms in total. The maximum absolute atomic E-state index is 11.6. The van der Waals surface area contributed by atoms with Crippen molar-refractivity contribution in [3.05, 3.63) is 12.2 Å². The fourth-order valence-corrected chi connectivity index (χ4v) is 1.25. The Bertz CT molecular complexity index is 323. The molecule has 0 aliphatic rings. The van der Waals surface area contributed by atoms with Crippen molar-refractivity contribution in [2.45, 2.75) is 45.8 Å². The lowest BCUT2D eigenvalue weighted by Gasteiger charge is -2.22. The summed E-state index contributed by atoms with van der Waals surface area (Å²) in [6, 6.07) is -1.10. The maximum atomic E-state index is 11.6. The van der Waals surface area contributed by atoms with Crippen LogP contribution in [0.15, 0.2) is 12.2 Å². The minimum atomic E-state index is -0.837. The summed E-state index contributed by atoms with van der Waals surface area (Å²) < 4.78 is 9.71.